The molecule has 3 heterocycles. The number of hydrogen-bond acceptors (Lipinski definition) is 7. The molecule has 3 aromatic heterocycles. The Hall–Kier alpha value is -3.72. The Bertz CT molecular complexity index is 1370. The van der Waals surface area contributed by atoms with Crippen LogP contribution in [0.3, 0.4) is 0 Å². The molecule has 37 heavy (non-hydrogen) atoms. The Morgan fingerprint density at radius 1 is 0.541 bits per heavy atom. The monoisotopic (exact) mass is 506 g/mol. The van der Waals surface area contributed by atoms with E-state index in [-0.39, 0.29) is 0 Å². The minimum absolute atomic E-state index is 0.743. The summed E-state index contributed by atoms with van der Waals surface area (Å²) < 4.78 is 0. The molecule has 2 aromatic carbocycles. The maximum atomic E-state index is 5.44. The Labute approximate surface area is 221 Å². The Balaban J connectivity index is 1.39. The van der Waals surface area contributed by atoms with Gasteiger partial charge >= 0.3 is 0 Å². The zero-order valence-corrected chi connectivity index (χ0v) is 21.3. The van der Waals surface area contributed by atoms with Gasteiger partial charge in [0.1, 0.15) is 0 Å². The topological polar surface area (TPSA) is 102 Å². The van der Waals surface area contributed by atoms with Gasteiger partial charge in [-0.1, -0.05) is 48.5 Å². The van der Waals surface area contributed by atoms with Gasteiger partial charge in [-0.2, -0.15) is 0 Å². The van der Waals surface area contributed by atoms with E-state index < -0.39 is 0 Å². The van der Waals surface area contributed by atoms with Crippen LogP contribution >= 0.6 is 11.3 Å². The normalized spacial score (nSPS) is 11.1. The van der Waals surface area contributed by atoms with Gasteiger partial charge in [0.15, 0.2) is 0 Å². The molecule has 0 spiro atoms. The zero-order chi connectivity index (χ0) is 25.5. The summed E-state index contributed by atoms with van der Waals surface area (Å²) in [7, 11) is 0. The second-order valence-electron chi connectivity index (χ2n) is 8.90. The van der Waals surface area contributed by atoms with Crippen molar-refractivity contribution < 1.29 is 0 Å². The number of nitrogens with one attached hydrogen (secondary N) is 2. The number of rotatable bonds is 10. The number of nitrogens with zero attached hydrogens (tertiary/aromatic N) is 2. The van der Waals surface area contributed by atoms with Gasteiger partial charge in [-0.3, -0.25) is 32.5 Å². The van der Waals surface area contributed by atoms with Crippen molar-refractivity contribution in [2.75, 3.05) is 13.1 Å². The molecule has 0 radical (unpaired) electrons. The highest BCUT2D eigenvalue weighted by atomic mass is 32.1. The number of hydrogen-bond donors (Lipinski definition) is 4. The van der Waals surface area contributed by atoms with E-state index in [1.54, 1.807) is 11.3 Å². The molecule has 0 aliphatic carbocycles. The van der Waals surface area contributed by atoms with Crippen molar-refractivity contribution in [1.82, 2.24) is 20.8 Å². The van der Waals surface area contributed by atoms with E-state index in [0.717, 1.165) is 59.3 Å². The number of benzene rings is 2. The number of nitrogens with two attached hydrogens (primary N) is 2. The summed E-state index contributed by atoms with van der Waals surface area (Å²) in [5, 5.41) is 0. The minimum atomic E-state index is 0.743. The van der Waals surface area contributed by atoms with Gasteiger partial charge in [-0.05, 0) is 59.4 Å². The molecular formula is C30H30N6S. The van der Waals surface area contributed by atoms with Crippen molar-refractivity contribution in [3.05, 3.63) is 109 Å². The third-order valence-corrected chi connectivity index (χ3v) is 7.47. The predicted molar refractivity (Wildman–Crippen MR) is 153 cm³/mol. The lowest BCUT2D eigenvalue weighted by atomic mass is 10.0. The van der Waals surface area contributed by atoms with Crippen molar-refractivity contribution >= 4 is 11.3 Å². The lowest BCUT2D eigenvalue weighted by Crippen LogP contribution is -2.24. The van der Waals surface area contributed by atoms with Crippen LogP contribution in [0.25, 0.3) is 43.1 Å². The fraction of sp³-hybridized carbons (Fsp3) is 0.133. The summed E-state index contributed by atoms with van der Waals surface area (Å²) in [5.41, 5.74) is 14.7. The molecule has 7 heteroatoms. The molecule has 5 aromatic rings. The highest BCUT2D eigenvalue weighted by molar-refractivity contribution is 7.18. The number of aromatic nitrogens is 2. The third kappa shape index (κ3) is 6.17. The maximum Gasteiger partial charge on any atom is 0.0365 e. The molecule has 0 fully saturated rings. The first-order valence-corrected chi connectivity index (χ1v) is 13.1. The van der Waals surface area contributed by atoms with Crippen molar-refractivity contribution in [3.8, 4) is 43.1 Å². The lowest BCUT2D eigenvalue weighted by Gasteiger charge is -2.07. The fourth-order valence-electron chi connectivity index (χ4n) is 4.36. The van der Waals surface area contributed by atoms with E-state index in [1.807, 2.05) is 24.8 Å². The number of hydrazine groups is 2. The molecule has 0 saturated carbocycles. The van der Waals surface area contributed by atoms with Crippen LogP contribution in [0.5, 0.6) is 0 Å². The van der Waals surface area contributed by atoms with Crippen LogP contribution < -0.4 is 22.5 Å². The van der Waals surface area contributed by atoms with Crippen molar-refractivity contribution in [2.45, 2.75) is 12.8 Å². The van der Waals surface area contributed by atoms with E-state index in [4.69, 9.17) is 11.7 Å². The summed E-state index contributed by atoms with van der Waals surface area (Å²) >= 11 is 1.75. The molecule has 0 amide bonds. The van der Waals surface area contributed by atoms with Crippen LogP contribution in [0, 0.1) is 0 Å². The van der Waals surface area contributed by atoms with E-state index in [9.17, 15) is 0 Å². The van der Waals surface area contributed by atoms with Crippen molar-refractivity contribution in [1.29, 1.82) is 0 Å². The average Bonchev–Trinajstić information content (AvgIpc) is 3.46. The first kappa shape index (κ1) is 25.0. The quantitative estimate of drug-likeness (QED) is 0.153. The minimum Gasteiger partial charge on any atom is -0.271 e. The molecule has 0 aliphatic rings. The summed E-state index contributed by atoms with van der Waals surface area (Å²) in [5.74, 6) is 10.9. The Morgan fingerprint density at radius 2 is 1.00 bits per heavy atom. The third-order valence-electron chi connectivity index (χ3n) is 6.29. The number of pyridine rings is 2. The molecule has 0 aliphatic heterocycles. The fourth-order valence-corrected chi connectivity index (χ4v) is 5.33. The second-order valence-corrected chi connectivity index (χ2v) is 9.98. The molecular weight excluding hydrogens is 476 g/mol. The first-order chi connectivity index (χ1) is 18.2. The SMILES string of the molecule is NNCCc1cccc(-c2cncc(-c3ccc(-c4cncc(-c5cccc(CCNN)c5)c4)s3)c2)c1. The lowest BCUT2D eigenvalue weighted by molar-refractivity contribution is 0.728. The van der Waals surface area contributed by atoms with E-state index >= 15 is 0 Å². The van der Waals surface area contributed by atoms with Crippen LogP contribution in [0.1, 0.15) is 11.1 Å². The summed E-state index contributed by atoms with van der Waals surface area (Å²) in [6.07, 6.45) is 9.46. The molecule has 6 N–H and O–H groups in total. The van der Waals surface area contributed by atoms with Gasteiger partial charge in [0, 0.05) is 69.9 Å². The molecule has 0 bridgehead atoms. The van der Waals surface area contributed by atoms with Gasteiger partial charge < -0.3 is 0 Å². The van der Waals surface area contributed by atoms with Gasteiger partial charge in [0.2, 0.25) is 0 Å². The average molecular weight is 507 g/mol. The summed E-state index contributed by atoms with van der Waals surface area (Å²) in [4.78, 5) is 11.4. The van der Waals surface area contributed by atoms with Crippen molar-refractivity contribution in [2.24, 2.45) is 11.7 Å². The molecule has 0 saturated heterocycles. The summed E-state index contributed by atoms with van der Waals surface area (Å²) in [6, 6.07) is 25.8. The van der Waals surface area contributed by atoms with Crippen LogP contribution in [-0.2, 0) is 12.8 Å². The zero-order valence-electron chi connectivity index (χ0n) is 20.5. The smallest absolute Gasteiger partial charge is 0.0365 e. The first-order valence-electron chi connectivity index (χ1n) is 12.3. The molecule has 0 unspecified atom stereocenters. The second kappa shape index (κ2) is 12.0. The largest absolute Gasteiger partial charge is 0.271 e. The highest BCUT2D eigenvalue weighted by Gasteiger charge is 2.10. The molecule has 6 nitrogen and oxygen atoms in total. The predicted octanol–water partition coefficient (Wildman–Crippen LogP) is 5.22. The van der Waals surface area contributed by atoms with Gasteiger partial charge in [0.05, 0.1) is 0 Å². The Morgan fingerprint density at radius 3 is 1.46 bits per heavy atom. The van der Waals surface area contributed by atoms with E-state index in [1.165, 1.54) is 20.9 Å². The van der Waals surface area contributed by atoms with Gasteiger partial charge in [0.25, 0.3) is 0 Å². The highest BCUT2D eigenvalue weighted by Crippen LogP contribution is 2.36. The molecule has 0 atom stereocenters. The standard InChI is InChI=1S/C30H30N6S/c31-35-11-9-21-3-1-5-23(13-21)25-15-27(19-33-17-25)29-7-8-30(37-29)28-16-26(18-34-20-28)24-6-2-4-22(14-24)10-12-36-32/h1-8,13-20,35-36H,9-12,31-32H2. The van der Waals surface area contributed by atoms with E-state index in [0.29, 0.717) is 0 Å². The Kier molecular flexibility index (Phi) is 8.10. The van der Waals surface area contributed by atoms with Gasteiger partial charge in [-0.25, -0.2) is 0 Å². The van der Waals surface area contributed by atoms with Crippen LogP contribution in [0.2, 0.25) is 0 Å². The van der Waals surface area contributed by atoms with Crippen LogP contribution in [0.15, 0.2) is 97.6 Å². The van der Waals surface area contributed by atoms with Crippen LogP contribution in [-0.4, -0.2) is 23.1 Å². The van der Waals surface area contributed by atoms with Gasteiger partial charge in [-0.15, -0.1) is 11.3 Å². The van der Waals surface area contributed by atoms with E-state index in [2.05, 4.69) is 93.6 Å². The molecule has 186 valence electrons. The van der Waals surface area contributed by atoms with Crippen LogP contribution in [0.4, 0.5) is 0 Å². The summed E-state index contributed by atoms with van der Waals surface area (Å²) in [6.45, 7) is 1.49. The van der Waals surface area contributed by atoms with Crippen molar-refractivity contribution in [3.63, 3.8) is 0 Å². The number of thiophene rings is 1. The maximum absolute atomic E-state index is 5.44. The molecule has 5 rings (SSSR count).